The summed E-state index contributed by atoms with van der Waals surface area (Å²) in [6.45, 7) is -0.628. The molecule has 0 radical (unpaired) electrons. The topological polar surface area (TPSA) is 75.6 Å². The van der Waals surface area contributed by atoms with Crippen LogP contribution in [0.15, 0.2) is 84.9 Å². The van der Waals surface area contributed by atoms with Gasteiger partial charge >= 0.3 is 5.97 Å². The third-order valence-corrected chi connectivity index (χ3v) is 4.12. The molecule has 3 aromatic carbocycles. The lowest BCUT2D eigenvalue weighted by Gasteiger charge is -2.26. The Morgan fingerprint density at radius 1 is 0.893 bits per heavy atom. The first-order valence-electron chi connectivity index (χ1n) is 8.56. The van der Waals surface area contributed by atoms with Crippen LogP contribution in [0.25, 0.3) is 0 Å². The molecule has 0 bridgehead atoms. The molecule has 0 heterocycles. The number of benzene rings is 3. The Hall–Kier alpha value is -3.51. The summed E-state index contributed by atoms with van der Waals surface area (Å²) in [5, 5.41) is 13.6. The van der Waals surface area contributed by atoms with Crippen molar-refractivity contribution in [1.82, 2.24) is 0 Å². The molecule has 0 unspecified atom stereocenters. The van der Waals surface area contributed by atoms with E-state index in [-0.39, 0.29) is 5.69 Å². The third-order valence-electron chi connectivity index (χ3n) is 4.12. The highest BCUT2D eigenvalue weighted by molar-refractivity contribution is 5.94. The Morgan fingerprint density at radius 3 is 2.00 bits per heavy atom. The molecule has 0 aliphatic rings. The molecule has 0 fully saturated rings. The number of carbonyl (C=O) groups is 2. The minimum Gasteiger partial charge on any atom is -0.453 e. The molecule has 0 aromatic heterocycles. The lowest BCUT2D eigenvalue weighted by molar-refractivity contribution is -0.163. The molecule has 142 valence electrons. The first-order valence-corrected chi connectivity index (χ1v) is 8.56. The van der Waals surface area contributed by atoms with Crippen LogP contribution in [0.5, 0.6) is 0 Å². The maximum absolute atomic E-state index is 13.2. The van der Waals surface area contributed by atoms with Crippen LogP contribution in [-0.4, -0.2) is 23.6 Å². The second-order valence-electron chi connectivity index (χ2n) is 6.08. The van der Waals surface area contributed by atoms with Crippen LogP contribution >= 0.6 is 0 Å². The first-order chi connectivity index (χ1) is 13.5. The highest BCUT2D eigenvalue weighted by Gasteiger charge is 2.41. The fourth-order valence-electron chi connectivity index (χ4n) is 2.76. The van der Waals surface area contributed by atoms with E-state index in [9.17, 15) is 19.1 Å². The van der Waals surface area contributed by atoms with Crippen LogP contribution < -0.4 is 5.32 Å². The molecule has 3 aromatic rings. The Balaban J connectivity index is 1.76. The molecule has 28 heavy (non-hydrogen) atoms. The average Bonchev–Trinajstić information content (AvgIpc) is 2.72. The van der Waals surface area contributed by atoms with E-state index in [0.29, 0.717) is 11.1 Å². The van der Waals surface area contributed by atoms with Gasteiger partial charge in [0.25, 0.3) is 5.91 Å². The van der Waals surface area contributed by atoms with E-state index in [1.54, 1.807) is 60.7 Å². The van der Waals surface area contributed by atoms with Crippen molar-refractivity contribution in [2.24, 2.45) is 0 Å². The lowest BCUT2D eigenvalue weighted by atomic mass is 9.86. The summed E-state index contributed by atoms with van der Waals surface area (Å²) in [5.74, 6) is -2.14. The predicted octanol–water partition coefficient (Wildman–Crippen LogP) is 3.24. The van der Waals surface area contributed by atoms with Crippen LogP contribution in [0.1, 0.15) is 11.1 Å². The second-order valence-corrected chi connectivity index (χ2v) is 6.08. The number of halogens is 1. The maximum Gasteiger partial charge on any atom is 0.348 e. The van der Waals surface area contributed by atoms with Crippen molar-refractivity contribution in [3.63, 3.8) is 0 Å². The molecule has 0 atom stereocenters. The van der Waals surface area contributed by atoms with E-state index >= 15 is 0 Å². The van der Waals surface area contributed by atoms with Gasteiger partial charge in [0.2, 0.25) is 5.60 Å². The fraction of sp³-hybridized carbons (Fsp3) is 0.0909. The summed E-state index contributed by atoms with van der Waals surface area (Å²) in [6.07, 6.45) is 0. The van der Waals surface area contributed by atoms with E-state index in [1.165, 1.54) is 18.2 Å². The number of carbonyl (C=O) groups excluding carboxylic acids is 2. The van der Waals surface area contributed by atoms with Crippen molar-refractivity contribution in [2.45, 2.75) is 5.60 Å². The Kier molecular flexibility index (Phi) is 5.81. The number of hydrogen-bond acceptors (Lipinski definition) is 4. The summed E-state index contributed by atoms with van der Waals surface area (Å²) in [5.41, 5.74) is -1.20. The molecular weight excluding hydrogens is 361 g/mol. The number of amides is 1. The van der Waals surface area contributed by atoms with Crippen molar-refractivity contribution >= 4 is 17.6 Å². The Labute approximate surface area is 161 Å². The highest BCUT2D eigenvalue weighted by Crippen LogP contribution is 2.31. The zero-order valence-electron chi connectivity index (χ0n) is 14.8. The van der Waals surface area contributed by atoms with Gasteiger partial charge in [-0.3, -0.25) is 4.79 Å². The van der Waals surface area contributed by atoms with Crippen molar-refractivity contribution in [3.8, 4) is 0 Å². The zero-order valence-corrected chi connectivity index (χ0v) is 14.8. The summed E-state index contributed by atoms with van der Waals surface area (Å²) in [7, 11) is 0. The van der Waals surface area contributed by atoms with Crippen molar-refractivity contribution in [1.29, 1.82) is 0 Å². The summed E-state index contributed by atoms with van der Waals surface area (Å²) in [4.78, 5) is 24.8. The number of hydrogen-bond donors (Lipinski definition) is 2. The van der Waals surface area contributed by atoms with Gasteiger partial charge in [0.1, 0.15) is 5.82 Å². The third kappa shape index (κ3) is 4.24. The monoisotopic (exact) mass is 379 g/mol. The van der Waals surface area contributed by atoms with Gasteiger partial charge in [-0.15, -0.1) is 0 Å². The molecule has 0 spiro atoms. The second kappa shape index (κ2) is 8.45. The number of anilines is 1. The van der Waals surface area contributed by atoms with Crippen molar-refractivity contribution in [3.05, 3.63) is 102 Å². The largest absolute Gasteiger partial charge is 0.453 e. The molecule has 0 saturated heterocycles. The number of nitrogens with one attached hydrogen (secondary N) is 1. The normalized spacial score (nSPS) is 10.9. The molecule has 5 nitrogen and oxygen atoms in total. The Bertz CT molecular complexity index is 921. The smallest absolute Gasteiger partial charge is 0.348 e. The van der Waals surface area contributed by atoms with Gasteiger partial charge in [-0.05, 0) is 29.3 Å². The van der Waals surface area contributed by atoms with Crippen LogP contribution in [0.4, 0.5) is 10.1 Å². The van der Waals surface area contributed by atoms with E-state index in [4.69, 9.17) is 4.74 Å². The van der Waals surface area contributed by atoms with E-state index in [0.717, 1.165) is 6.07 Å². The average molecular weight is 379 g/mol. The van der Waals surface area contributed by atoms with Crippen LogP contribution in [0.3, 0.4) is 0 Å². The summed E-state index contributed by atoms with van der Waals surface area (Å²) < 4.78 is 18.3. The van der Waals surface area contributed by atoms with Crippen molar-refractivity contribution < 1.29 is 23.8 Å². The zero-order chi connectivity index (χ0) is 20.0. The fourth-order valence-corrected chi connectivity index (χ4v) is 2.76. The molecule has 3 rings (SSSR count). The summed E-state index contributed by atoms with van der Waals surface area (Å²) in [6, 6.07) is 22.0. The minimum atomic E-state index is -2.07. The molecule has 2 N–H and O–H groups in total. The lowest BCUT2D eigenvalue weighted by Crippen LogP contribution is -2.39. The molecule has 1 amide bonds. The van der Waals surface area contributed by atoms with Gasteiger partial charge in [-0.2, -0.15) is 0 Å². The first kappa shape index (κ1) is 19.3. The molecular formula is C22H18FNO4. The molecule has 6 heteroatoms. The standard InChI is InChI=1S/C22H18FNO4/c23-18-12-7-13-19(14-18)24-20(25)15-28-21(26)22(27,16-8-3-1-4-9-16)17-10-5-2-6-11-17/h1-14,27H,15H2,(H,24,25). The SMILES string of the molecule is O=C(COC(=O)C(O)(c1ccccc1)c1ccccc1)Nc1cccc(F)c1. The van der Waals surface area contributed by atoms with Gasteiger partial charge < -0.3 is 15.2 Å². The quantitative estimate of drug-likeness (QED) is 0.645. The van der Waals surface area contributed by atoms with Crippen LogP contribution in [0, 0.1) is 5.82 Å². The number of rotatable bonds is 6. The maximum atomic E-state index is 13.2. The number of esters is 1. The van der Waals surface area contributed by atoms with E-state index < -0.39 is 29.9 Å². The summed E-state index contributed by atoms with van der Waals surface area (Å²) >= 11 is 0. The molecule has 0 aliphatic carbocycles. The van der Waals surface area contributed by atoms with Gasteiger partial charge in [-0.25, -0.2) is 9.18 Å². The van der Waals surface area contributed by atoms with Crippen molar-refractivity contribution in [2.75, 3.05) is 11.9 Å². The van der Waals surface area contributed by atoms with Gasteiger partial charge in [0, 0.05) is 5.69 Å². The predicted molar refractivity (Wildman–Crippen MR) is 102 cm³/mol. The van der Waals surface area contributed by atoms with Gasteiger partial charge in [-0.1, -0.05) is 66.7 Å². The molecule has 0 aliphatic heterocycles. The number of ether oxygens (including phenoxy) is 1. The Morgan fingerprint density at radius 2 is 1.46 bits per heavy atom. The van der Waals surface area contributed by atoms with Crippen LogP contribution in [-0.2, 0) is 19.9 Å². The van der Waals surface area contributed by atoms with Gasteiger partial charge in [0.05, 0.1) is 0 Å². The van der Waals surface area contributed by atoms with E-state index in [2.05, 4.69) is 5.32 Å². The highest BCUT2D eigenvalue weighted by atomic mass is 19.1. The van der Waals surface area contributed by atoms with E-state index in [1.807, 2.05) is 0 Å². The van der Waals surface area contributed by atoms with Crippen LogP contribution in [0.2, 0.25) is 0 Å². The van der Waals surface area contributed by atoms with Gasteiger partial charge in [0.15, 0.2) is 6.61 Å². The molecule has 0 saturated carbocycles. The number of aliphatic hydroxyl groups is 1. The minimum absolute atomic E-state index is 0.238.